The highest BCUT2D eigenvalue weighted by Gasteiger charge is 2.40. The molecule has 8 nitrogen and oxygen atoms in total. The normalized spacial score (nSPS) is 23.4. The first-order chi connectivity index (χ1) is 14.5. The highest BCUT2D eigenvalue weighted by atomic mass is 32.2. The molecule has 1 aromatic carbocycles. The summed E-state index contributed by atoms with van der Waals surface area (Å²) in [4.78, 5) is 19.8. The molecule has 162 valence electrons. The number of benzene rings is 1. The van der Waals surface area contributed by atoms with Crippen molar-refractivity contribution in [3.63, 3.8) is 0 Å². The molecular formula is C20H26N4O4S2. The summed E-state index contributed by atoms with van der Waals surface area (Å²) >= 11 is 1.09. The topological polar surface area (TPSA) is 106 Å². The van der Waals surface area contributed by atoms with Crippen molar-refractivity contribution >= 4 is 27.3 Å². The van der Waals surface area contributed by atoms with Crippen LogP contribution in [0.5, 0.6) is 0 Å². The van der Waals surface area contributed by atoms with Gasteiger partial charge in [0.05, 0.1) is 19.1 Å². The fraction of sp³-hybridized carbons (Fsp3) is 0.500. The van der Waals surface area contributed by atoms with Gasteiger partial charge in [-0.2, -0.15) is 4.31 Å². The molecule has 2 fully saturated rings. The van der Waals surface area contributed by atoms with Crippen LogP contribution in [0.1, 0.15) is 22.8 Å². The zero-order valence-electron chi connectivity index (χ0n) is 16.6. The van der Waals surface area contributed by atoms with Crippen LogP contribution in [-0.4, -0.2) is 67.9 Å². The van der Waals surface area contributed by atoms with Crippen LogP contribution in [0.2, 0.25) is 0 Å². The zero-order chi connectivity index (χ0) is 21.1. The Balaban J connectivity index is 1.62. The van der Waals surface area contributed by atoms with Gasteiger partial charge in [0.15, 0.2) is 0 Å². The molecule has 2 atom stereocenters. The van der Waals surface area contributed by atoms with Gasteiger partial charge >= 0.3 is 0 Å². The van der Waals surface area contributed by atoms with Gasteiger partial charge in [-0.25, -0.2) is 13.4 Å². The largest absolute Gasteiger partial charge is 0.378 e. The highest BCUT2D eigenvalue weighted by molar-refractivity contribution is 7.91. The molecule has 3 heterocycles. The molecule has 2 aliphatic rings. The first-order valence-electron chi connectivity index (χ1n) is 10.1. The van der Waals surface area contributed by atoms with E-state index in [1.54, 1.807) is 4.90 Å². The molecule has 2 aliphatic heterocycles. The summed E-state index contributed by atoms with van der Waals surface area (Å²) in [6, 6.07) is 9.80. The van der Waals surface area contributed by atoms with E-state index in [0.717, 1.165) is 16.9 Å². The average Bonchev–Trinajstić information content (AvgIpc) is 3.30. The van der Waals surface area contributed by atoms with Gasteiger partial charge in [-0.05, 0) is 17.9 Å². The Morgan fingerprint density at radius 1 is 1.20 bits per heavy atom. The maximum atomic E-state index is 13.3. The second kappa shape index (κ2) is 9.11. The van der Waals surface area contributed by atoms with E-state index < -0.39 is 15.9 Å². The molecule has 10 heteroatoms. The summed E-state index contributed by atoms with van der Waals surface area (Å²) in [6.45, 7) is 2.87. The van der Waals surface area contributed by atoms with Crippen LogP contribution in [0, 0.1) is 5.92 Å². The molecule has 0 aliphatic carbocycles. The molecule has 2 unspecified atom stereocenters. The number of rotatable bonds is 5. The Morgan fingerprint density at radius 2 is 1.93 bits per heavy atom. The van der Waals surface area contributed by atoms with Crippen molar-refractivity contribution in [1.29, 1.82) is 0 Å². The van der Waals surface area contributed by atoms with Crippen LogP contribution in [0.15, 0.2) is 40.9 Å². The third kappa shape index (κ3) is 4.42. The number of piperidine rings is 1. The lowest BCUT2D eigenvalue weighted by molar-refractivity contribution is -0.141. The molecule has 0 saturated carbocycles. The van der Waals surface area contributed by atoms with Crippen molar-refractivity contribution in [2.24, 2.45) is 11.7 Å². The minimum Gasteiger partial charge on any atom is -0.378 e. The summed E-state index contributed by atoms with van der Waals surface area (Å²) in [6.07, 6.45) is 2.13. The average molecular weight is 451 g/mol. The van der Waals surface area contributed by atoms with E-state index in [2.05, 4.69) is 4.98 Å². The molecule has 0 radical (unpaired) electrons. The standard InChI is InChI=1S/C20H26N4O4S2/c21-11-18-12-22-20(29-18)30(26,27)24-13-16(15-4-2-1-3-5-15)10-17(14-24)19(25)23-6-8-28-9-7-23/h1-5,12,16-17H,6-11,13-14,21H2. The Hall–Kier alpha value is -1.85. The summed E-state index contributed by atoms with van der Waals surface area (Å²) in [7, 11) is -3.80. The molecule has 1 aromatic heterocycles. The van der Waals surface area contributed by atoms with Crippen LogP contribution >= 0.6 is 11.3 Å². The number of sulfonamides is 1. The molecule has 2 aromatic rings. The lowest BCUT2D eigenvalue weighted by Gasteiger charge is -2.39. The number of hydrogen-bond acceptors (Lipinski definition) is 7. The molecule has 30 heavy (non-hydrogen) atoms. The molecule has 0 bridgehead atoms. The third-order valence-corrected chi connectivity index (χ3v) is 8.88. The predicted octanol–water partition coefficient (Wildman–Crippen LogP) is 1.26. The first kappa shape index (κ1) is 21.4. The van der Waals surface area contributed by atoms with E-state index in [4.69, 9.17) is 10.5 Å². The van der Waals surface area contributed by atoms with Crippen molar-refractivity contribution in [2.75, 3.05) is 39.4 Å². The zero-order valence-corrected chi connectivity index (χ0v) is 18.3. The number of aromatic nitrogens is 1. The van der Waals surface area contributed by atoms with E-state index in [0.29, 0.717) is 44.1 Å². The maximum Gasteiger partial charge on any atom is 0.270 e. The number of carbonyl (C=O) groups excluding carboxylic acids is 1. The summed E-state index contributed by atoms with van der Waals surface area (Å²) in [5.41, 5.74) is 6.67. The van der Waals surface area contributed by atoms with Crippen LogP contribution in [0.4, 0.5) is 0 Å². The number of hydrogen-bond donors (Lipinski definition) is 1. The molecule has 2 N–H and O–H groups in total. The number of amides is 1. The Morgan fingerprint density at radius 3 is 2.60 bits per heavy atom. The van der Waals surface area contributed by atoms with E-state index in [1.807, 2.05) is 30.3 Å². The quantitative estimate of drug-likeness (QED) is 0.735. The summed E-state index contributed by atoms with van der Waals surface area (Å²) < 4.78 is 33.5. The van der Waals surface area contributed by atoms with Gasteiger partial charge in [-0.15, -0.1) is 11.3 Å². The first-order valence-corrected chi connectivity index (χ1v) is 12.3. The maximum absolute atomic E-state index is 13.3. The minimum absolute atomic E-state index is 0.000849. The fourth-order valence-corrected chi connectivity index (χ4v) is 6.79. The van der Waals surface area contributed by atoms with Gasteiger partial charge in [0.1, 0.15) is 0 Å². The number of nitrogens with zero attached hydrogens (tertiary/aromatic N) is 3. The van der Waals surface area contributed by atoms with Gasteiger partial charge in [0.25, 0.3) is 10.0 Å². The van der Waals surface area contributed by atoms with Crippen LogP contribution in [0.25, 0.3) is 0 Å². The van der Waals surface area contributed by atoms with E-state index in [9.17, 15) is 13.2 Å². The van der Waals surface area contributed by atoms with Crippen molar-refractivity contribution in [3.8, 4) is 0 Å². The molecule has 4 rings (SSSR count). The summed E-state index contributed by atoms with van der Waals surface area (Å²) in [5.74, 6) is -0.453. The van der Waals surface area contributed by atoms with Crippen LogP contribution < -0.4 is 5.73 Å². The van der Waals surface area contributed by atoms with Gasteiger partial charge in [0, 0.05) is 43.8 Å². The van der Waals surface area contributed by atoms with Crippen LogP contribution in [0.3, 0.4) is 0 Å². The van der Waals surface area contributed by atoms with E-state index in [-0.39, 0.29) is 29.3 Å². The van der Waals surface area contributed by atoms with E-state index in [1.165, 1.54) is 10.5 Å². The van der Waals surface area contributed by atoms with Crippen molar-refractivity contribution < 1.29 is 17.9 Å². The molecule has 2 saturated heterocycles. The van der Waals surface area contributed by atoms with Crippen molar-refractivity contribution in [3.05, 3.63) is 47.0 Å². The number of ether oxygens (including phenoxy) is 1. The number of thiazole rings is 1. The lowest BCUT2D eigenvalue weighted by atomic mass is 9.85. The van der Waals surface area contributed by atoms with E-state index >= 15 is 0 Å². The molecule has 1 amide bonds. The minimum atomic E-state index is -3.80. The van der Waals surface area contributed by atoms with Gasteiger partial charge in [-0.3, -0.25) is 4.79 Å². The van der Waals surface area contributed by atoms with Crippen molar-refractivity contribution in [2.45, 2.75) is 23.2 Å². The highest BCUT2D eigenvalue weighted by Crippen LogP contribution is 2.35. The van der Waals surface area contributed by atoms with Crippen LogP contribution in [-0.2, 0) is 26.1 Å². The predicted molar refractivity (Wildman–Crippen MR) is 113 cm³/mol. The lowest BCUT2D eigenvalue weighted by Crippen LogP contribution is -2.51. The molecule has 0 spiro atoms. The summed E-state index contributed by atoms with van der Waals surface area (Å²) in [5, 5.41) is 0. The molecular weight excluding hydrogens is 424 g/mol. The number of carbonyl (C=O) groups is 1. The Labute approximate surface area is 180 Å². The Bertz CT molecular complexity index is 974. The second-order valence-electron chi connectivity index (χ2n) is 7.60. The fourth-order valence-electron chi connectivity index (χ4n) is 4.06. The van der Waals surface area contributed by atoms with Crippen molar-refractivity contribution in [1.82, 2.24) is 14.2 Å². The van der Waals surface area contributed by atoms with Gasteiger partial charge in [-0.1, -0.05) is 30.3 Å². The van der Waals surface area contributed by atoms with Gasteiger partial charge in [0.2, 0.25) is 10.2 Å². The number of nitrogens with two attached hydrogens (primary N) is 1. The van der Waals surface area contributed by atoms with Gasteiger partial charge < -0.3 is 15.4 Å². The Kier molecular flexibility index (Phi) is 6.49. The third-order valence-electron chi connectivity index (χ3n) is 5.65. The number of morpholine rings is 1. The monoisotopic (exact) mass is 450 g/mol. The second-order valence-corrected chi connectivity index (χ2v) is 10.8. The SMILES string of the molecule is NCc1cnc(S(=O)(=O)N2CC(C(=O)N3CCOCC3)CC(c3ccccc3)C2)s1. The smallest absolute Gasteiger partial charge is 0.270 e.